The highest BCUT2D eigenvalue weighted by Gasteiger charge is 2.17. The molecular formula is C14H22N2S. The van der Waals surface area contributed by atoms with Gasteiger partial charge in [0.05, 0.1) is 11.5 Å². The third-order valence-electron chi connectivity index (χ3n) is 2.57. The minimum Gasteiger partial charge on any atom is -0.310 e. The lowest BCUT2D eigenvalue weighted by Crippen LogP contribution is -2.27. The smallest absolute Gasteiger partial charge is 0.0697 e. The van der Waals surface area contributed by atoms with Gasteiger partial charge in [0.15, 0.2) is 0 Å². The van der Waals surface area contributed by atoms with Crippen LogP contribution in [0.1, 0.15) is 44.4 Å². The zero-order chi connectivity index (χ0) is 13.1. The van der Waals surface area contributed by atoms with Crippen molar-refractivity contribution >= 4 is 11.3 Å². The van der Waals surface area contributed by atoms with Crippen molar-refractivity contribution in [2.24, 2.45) is 5.41 Å². The number of thiophene rings is 1. The Labute approximate surface area is 109 Å². The summed E-state index contributed by atoms with van der Waals surface area (Å²) in [4.78, 5) is 2.75. The molecule has 1 rings (SSSR count). The van der Waals surface area contributed by atoms with E-state index >= 15 is 0 Å². The van der Waals surface area contributed by atoms with Gasteiger partial charge in [0.1, 0.15) is 0 Å². The first-order valence-electron chi connectivity index (χ1n) is 5.96. The van der Waals surface area contributed by atoms with Gasteiger partial charge in [0, 0.05) is 22.8 Å². The Morgan fingerprint density at radius 3 is 2.35 bits per heavy atom. The Balaban J connectivity index is 2.49. The molecule has 94 valence electrons. The van der Waals surface area contributed by atoms with E-state index in [1.807, 2.05) is 25.2 Å². The predicted octanol–water partition coefficient (Wildman–Crippen LogP) is 3.68. The van der Waals surface area contributed by atoms with Crippen LogP contribution in [0.5, 0.6) is 0 Å². The number of rotatable bonds is 4. The van der Waals surface area contributed by atoms with Crippen molar-refractivity contribution < 1.29 is 0 Å². The third kappa shape index (κ3) is 4.49. The first-order valence-corrected chi connectivity index (χ1v) is 6.77. The molecular weight excluding hydrogens is 228 g/mol. The van der Waals surface area contributed by atoms with E-state index in [1.54, 1.807) is 0 Å². The standard InChI is InChI=1S/C14H22N2S/c1-13(2,3)12-7-6-11(17-12)8-16-10-14(4,5)9-15/h6-7,16H,8,10H2,1-5H3. The summed E-state index contributed by atoms with van der Waals surface area (Å²) < 4.78 is 0. The molecule has 0 unspecified atom stereocenters. The zero-order valence-electron chi connectivity index (χ0n) is 11.4. The van der Waals surface area contributed by atoms with E-state index < -0.39 is 0 Å². The van der Waals surface area contributed by atoms with Gasteiger partial charge in [0.2, 0.25) is 0 Å². The van der Waals surface area contributed by atoms with E-state index in [9.17, 15) is 0 Å². The van der Waals surface area contributed by atoms with E-state index in [-0.39, 0.29) is 10.8 Å². The Kier molecular flexibility index (Phi) is 4.35. The van der Waals surface area contributed by atoms with Gasteiger partial charge in [-0.25, -0.2) is 0 Å². The molecule has 0 saturated heterocycles. The Bertz CT molecular complexity index is 405. The lowest BCUT2D eigenvalue weighted by Gasteiger charge is -2.16. The second kappa shape index (κ2) is 5.20. The summed E-state index contributed by atoms with van der Waals surface area (Å²) in [7, 11) is 0. The maximum atomic E-state index is 8.91. The molecule has 2 nitrogen and oxygen atoms in total. The van der Waals surface area contributed by atoms with E-state index in [4.69, 9.17) is 5.26 Å². The van der Waals surface area contributed by atoms with Crippen molar-refractivity contribution in [3.05, 3.63) is 21.9 Å². The van der Waals surface area contributed by atoms with Crippen LogP contribution in [-0.2, 0) is 12.0 Å². The molecule has 0 spiro atoms. The van der Waals surface area contributed by atoms with Crippen LogP contribution in [0, 0.1) is 16.7 Å². The quantitative estimate of drug-likeness (QED) is 0.884. The van der Waals surface area contributed by atoms with Crippen LogP contribution in [0.2, 0.25) is 0 Å². The Hall–Kier alpha value is -0.850. The SMILES string of the molecule is CC(C)(C#N)CNCc1ccc(C(C)(C)C)s1. The molecule has 17 heavy (non-hydrogen) atoms. The summed E-state index contributed by atoms with van der Waals surface area (Å²) in [6.07, 6.45) is 0. The summed E-state index contributed by atoms with van der Waals surface area (Å²) in [6.45, 7) is 12.2. The molecule has 0 radical (unpaired) electrons. The first-order chi connectivity index (χ1) is 7.74. The van der Waals surface area contributed by atoms with Crippen LogP contribution in [0.15, 0.2) is 12.1 Å². The summed E-state index contributed by atoms with van der Waals surface area (Å²) in [5, 5.41) is 12.3. The van der Waals surface area contributed by atoms with Crippen molar-refractivity contribution in [2.75, 3.05) is 6.54 Å². The van der Waals surface area contributed by atoms with Gasteiger partial charge in [-0.3, -0.25) is 0 Å². The molecule has 0 fully saturated rings. The van der Waals surface area contributed by atoms with Crippen molar-refractivity contribution in [2.45, 2.75) is 46.6 Å². The highest BCUT2D eigenvalue weighted by atomic mass is 32.1. The van der Waals surface area contributed by atoms with Crippen LogP contribution < -0.4 is 5.32 Å². The maximum absolute atomic E-state index is 8.91. The van der Waals surface area contributed by atoms with E-state index in [0.717, 1.165) is 13.1 Å². The van der Waals surface area contributed by atoms with Gasteiger partial charge in [0.25, 0.3) is 0 Å². The van der Waals surface area contributed by atoms with Gasteiger partial charge in [-0.05, 0) is 31.4 Å². The number of nitriles is 1. The Morgan fingerprint density at radius 1 is 1.24 bits per heavy atom. The normalized spacial score (nSPS) is 12.5. The van der Waals surface area contributed by atoms with Gasteiger partial charge in [-0.1, -0.05) is 20.8 Å². The van der Waals surface area contributed by atoms with Crippen LogP contribution >= 0.6 is 11.3 Å². The van der Waals surface area contributed by atoms with Crippen molar-refractivity contribution in [1.82, 2.24) is 5.32 Å². The molecule has 0 atom stereocenters. The molecule has 3 heteroatoms. The number of nitrogens with one attached hydrogen (secondary N) is 1. The maximum Gasteiger partial charge on any atom is 0.0697 e. The average Bonchev–Trinajstić information content (AvgIpc) is 2.66. The molecule has 1 heterocycles. The minimum atomic E-state index is -0.288. The number of nitrogens with zero attached hydrogens (tertiary/aromatic N) is 1. The Morgan fingerprint density at radius 2 is 1.88 bits per heavy atom. The first kappa shape index (κ1) is 14.2. The van der Waals surface area contributed by atoms with Gasteiger partial charge in [-0.2, -0.15) is 5.26 Å². The molecule has 0 aromatic carbocycles. The second-order valence-corrected chi connectivity index (χ2v) is 7.28. The van der Waals surface area contributed by atoms with E-state index in [0.29, 0.717) is 0 Å². The fraction of sp³-hybridized carbons (Fsp3) is 0.643. The lowest BCUT2D eigenvalue weighted by atomic mass is 9.95. The van der Waals surface area contributed by atoms with Crippen LogP contribution in [0.3, 0.4) is 0 Å². The highest BCUT2D eigenvalue weighted by Crippen LogP contribution is 2.29. The highest BCUT2D eigenvalue weighted by molar-refractivity contribution is 7.12. The fourth-order valence-electron chi connectivity index (χ4n) is 1.41. The van der Waals surface area contributed by atoms with Gasteiger partial charge < -0.3 is 5.32 Å². The minimum absolute atomic E-state index is 0.231. The monoisotopic (exact) mass is 250 g/mol. The topological polar surface area (TPSA) is 35.8 Å². The molecule has 0 amide bonds. The number of hydrogen-bond donors (Lipinski definition) is 1. The van der Waals surface area contributed by atoms with E-state index in [2.05, 4.69) is 44.3 Å². The molecule has 1 N–H and O–H groups in total. The summed E-state index contributed by atoms with van der Waals surface area (Å²) in [5.41, 5.74) is -0.0566. The largest absolute Gasteiger partial charge is 0.310 e. The molecule has 0 aliphatic rings. The van der Waals surface area contributed by atoms with Crippen molar-refractivity contribution in [3.63, 3.8) is 0 Å². The summed E-state index contributed by atoms with van der Waals surface area (Å²) >= 11 is 1.85. The molecule has 1 aromatic heterocycles. The average molecular weight is 250 g/mol. The van der Waals surface area contributed by atoms with E-state index in [1.165, 1.54) is 9.75 Å². The van der Waals surface area contributed by atoms with Gasteiger partial charge >= 0.3 is 0 Å². The molecule has 0 aliphatic heterocycles. The van der Waals surface area contributed by atoms with Gasteiger partial charge in [-0.15, -0.1) is 11.3 Å². The lowest BCUT2D eigenvalue weighted by molar-refractivity contribution is 0.446. The third-order valence-corrected chi connectivity index (χ3v) is 4.08. The summed E-state index contributed by atoms with van der Waals surface area (Å²) in [6, 6.07) is 6.68. The van der Waals surface area contributed by atoms with Crippen molar-refractivity contribution in [3.8, 4) is 6.07 Å². The molecule has 0 bridgehead atoms. The van der Waals surface area contributed by atoms with Crippen molar-refractivity contribution in [1.29, 1.82) is 5.26 Å². The molecule has 0 saturated carbocycles. The molecule has 0 aliphatic carbocycles. The fourth-order valence-corrected chi connectivity index (χ4v) is 2.45. The number of hydrogen-bond acceptors (Lipinski definition) is 3. The van der Waals surface area contributed by atoms with Crippen LogP contribution in [-0.4, -0.2) is 6.54 Å². The van der Waals surface area contributed by atoms with Crippen LogP contribution in [0.4, 0.5) is 0 Å². The predicted molar refractivity (Wildman–Crippen MR) is 74.1 cm³/mol. The zero-order valence-corrected chi connectivity index (χ0v) is 12.2. The summed E-state index contributed by atoms with van der Waals surface area (Å²) in [5.74, 6) is 0. The second-order valence-electron chi connectivity index (χ2n) is 6.12. The van der Waals surface area contributed by atoms with Crippen LogP contribution in [0.25, 0.3) is 0 Å². The molecule has 1 aromatic rings.